The normalized spacial score (nSPS) is 11.3. The van der Waals surface area contributed by atoms with Crippen LogP contribution in [0.25, 0.3) is 0 Å². The molecule has 1 aromatic heterocycles. The molecule has 0 aliphatic carbocycles. The summed E-state index contributed by atoms with van der Waals surface area (Å²) in [7, 11) is 0. The second-order valence-corrected chi connectivity index (χ2v) is 5.47. The number of nitrogens with zero attached hydrogens (tertiary/aromatic N) is 4. The second-order valence-electron chi connectivity index (χ2n) is 5.47. The van der Waals surface area contributed by atoms with Crippen LogP contribution in [0.3, 0.4) is 0 Å². The predicted octanol–water partition coefficient (Wildman–Crippen LogP) is 1.72. The molecule has 1 heterocycles. The van der Waals surface area contributed by atoms with Crippen molar-refractivity contribution in [1.82, 2.24) is 15.0 Å². The molecule has 7 nitrogen and oxygen atoms in total. The zero-order valence-corrected chi connectivity index (χ0v) is 13.8. The van der Waals surface area contributed by atoms with Gasteiger partial charge in [0, 0.05) is 31.8 Å². The summed E-state index contributed by atoms with van der Waals surface area (Å²) in [6.07, 6.45) is 0.621. The van der Waals surface area contributed by atoms with Crippen LogP contribution in [0.5, 0.6) is 0 Å². The third kappa shape index (κ3) is 5.34. The molecule has 0 aliphatic heterocycles. The molecule has 0 fully saturated rings. The van der Waals surface area contributed by atoms with Crippen molar-refractivity contribution in [3.63, 3.8) is 0 Å². The highest BCUT2D eigenvalue weighted by Gasteiger charge is 2.20. The summed E-state index contributed by atoms with van der Waals surface area (Å²) in [5.41, 5.74) is -0.278. The monoisotopic (exact) mass is 296 g/mol. The van der Waals surface area contributed by atoms with Crippen molar-refractivity contribution in [3.05, 3.63) is 0 Å². The molecule has 0 spiro atoms. The average molecular weight is 296 g/mol. The van der Waals surface area contributed by atoms with E-state index in [-0.39, 0.29) is 12.1 Å². The van der Waals surface area contributed by atoms with Crippen molar-refractivity contribution in [2.75, 3.05) is 41.8 Å². The molecular formula is C14H28N6O. The second kappa shape index (κ2) is 7.97. The number of aromatic nitrogens is 3. The van der Waals surface area contributed by atoms with Gasteiger partial charge in [0.15, 0.2) is 0 Å². The van der Waals surface area contributed by atoms with Gasteiger partial charge < -0.3 is 20.6 Å². The lowest BCUT2D eigenvalue weighted by Crippen LogP contribution is -2.33. The number of aliphatic hydroxyl groups excluding tert-OH is 1. The Morgan fingerprint density at radius 3 is 2.19 bits per heavy atom. The van der Waals surface area contributed by atoms with E-state index in [9.17, 15) is 0 Å². The maximum absolute atomic E-state index is 9.12. The molecule has 0 amide bonds. The number of rotatable bonds is 9. The van der Waals surface area contributed by atoms with E-state index >= 15 is 0 Å². The summed E-state index contributed by atoms with van der Waals surface area (Å²) in [5, 5.41) is 15.5. The van der Waals surface area contributed by atoms with Gasteiger partial charge in [-0.05, 0) is 41.0 Å². The van der Waals surface area contributed by atoms with Gasteiger partial charge in [-0.25, -0.2) is 0 Å². The van der Waals surface area contributed by atoms with Gasteiger partial charge in [-0.3, -0.25) is 0 Å². The molecule has 0 atom stereocenters. The lowest BCUT2D eigenvalue weighted by Gasteiger charge is -2.26. The number of hydrogen-bond donors (Lipinski definition) is 3. The van der Waals surface area contributed by atoms with Gasteiger partial charge in [0.2, 0.25) is 17.8 Å². The molecule has 1 rings (SSSR count). The molecule has 1 aromatic rings. The minimum Gasteiger partial charge on any atom is -0.396 e. The topological polar surface area (TPSA) is 86.2 Å². The SMILES string of the molecule is CCNc1nc(NC(C)(C)CCO)nc(N(CC)CC)n1. The average Bonchev–Trinajstić information content (AvgIpc) is 2.39. The molecule has 0 saturated carbocycles. The Morgan fingerprint density at radius 2 is 1.67 bits per heavy atom. The Hall–Kier alpha value is -1.63. The fraction of sp³-hybridized carbons (Fsp3) is 0.786. The lowest BCUT2D eigenvalue weighted by atomic mass is 10.0. The highest BCUT2D eigenvalue weighted by Crippen LogP contribution is 2.18. The van der Waals surface area contributed by atoms with Crippen LogP contribution in [-0.2, 0) is 0 Å². The van der Waals surface area contributed by atoms with Crippen molar-refractivity contribution in [2.24, 2.45) is 0 Å². The van der Waals surface area contributed by atoms with E-state index in [1.807, 2.05) is 20.8 Å². The van der Waals surface area contributed by atoms with Crippen LogP contribution < -0.4 is 15.5 Å². The van der Waals surface area contributed by atoms with E-state index < -0.39 is 0 Å². The van der Waals surface area contributed by atoms with E-state index in [4.69, 9.17) is 5.11 Å². The zero-order chi connectivity index (χ0) is 15.9. The van der Waals surface area contributed by atoms with Crippen LogP contribution in [0.15, 0.2) is 0 Å². The predicted molar refractivity (Wildman–Crippen MR) is 87.0 cm³/mol. The van der Waals surface area contributed by atoms with Crippen LogP contribution in [-0.4, -0.2) is 51.8 Å². The molecule has 0 radical (unpaired) electrons. The van der Waals surface area contributed by atoms with Crippen molar-refractivity contribution < 1.29 is 5.11 Å². The maximum Gasteiger partial charge on any atom is 0.231 e. The smallest absolute Gasteiger partial charge is 0.231 e. The summed E-state index contributed by atoms with van der Waals surface area (Å²) >= 11 is 0. The molecule has 0 aliphatic rings. The standard InChI is InChI=1S/C14H28N6O/c1-6-15-11-16-12(19-14(4,5)9-10-21)18-13(17-11)20(7-2)8-3/h21H,6-10H2,1-5H3,(H2,15,16,17,18,19). The number of anilines is 3. The molecule has 7 heteroatoms. The van der Waals surface area contributed by atoms with Gasteiger partial charge in [-0.15, -0.1) is 0 Å². The van der Waals surface area contributed by atoms with Gasteiger partial charge >= 0.3 is 0 Å². The van der Waals surface area contributed by atoms with Gasteiger partial charge in [-0.1, -0.05) is 0 Å². The largest absolute Gasteiger partial charge is 0.396 e. The highest BCUT2D eigenvalue weighted by atomic mass is 16.3. The van der Waals surface area contributed by atoms with Crippen LogP contribution >= 0.6 is 0 Å². The molecule has 0 saturated heterocycles. The Labute approximate surface area is 127 Å². The Balaban J connectivity index is 3.07. The van der Waals surface area contributed by atoms with Crippen LogP contribution in [0.2, 0.25) is 0 Å². The van der Waals surface area contributed by atoms with Crippen LogP contribution in [0, 0.1) is 0 Å². The number of aliphatic hydroxyl groups is 1. The van der Waals surface area contributed by atoms with Gasteiger partial charge in [-0.2, -0.15) is 15.0 Å². The Bertz CT molecular complexity index is 433. The maximum atomic E-state index is 9.12. The van der Waals surface area contributed by atoms with E-state index in [2.05, 4.69) is 44.3 Å². The van der Waals surface area contributed by atoms with Crippen LogP contribution in [0.4, 0.5) is 17.8 Å². The third-order valence-electron chi connectivity index (χ3n) is 3.19. The van der Waals surface area contributed by atoms with Crippen molar-refractivity contribution in [2.45, 2.75) is 46.6 Å². The summed E-state index contributed by atoms with van der Waals surface area (Å²) in [6.45, 7) is 12.7. The molecule has 0 bridgehead atoms. The number of nitrogens with one attached hydrogen (secondary N) is 2. The first-order chi connectivity index (χ1) is 9.95. The van der Waals surface area contributed by atoms with Crippen molar-refractivity contribution in [3.8, 4) is 0 Å². The molecule has 21 heavy (non-hydrogen) atoms. The van der Waals surface area contributed by atoms with Crippen molar-refractivity contribution >= 4 is 17.8 Å². The van der Waals surface area contributed by atoms with E-state index in [1.54, 1.807) is 0 Å². The van der Waals surface area contributed by atoms with E-state index in [0.29, 0.717) is 24.3 Å². The first-order valence-corrected chi connectivity index (χ1v) is 7.59. The molecule has 0 aromatic carbocycles. The summed E-state index contributed by atoms with van der Waals surface area (Å²) in [5.74, 6) is 1.76. The molecule has 120 valence electrons. The van der Waals surface area contributed by atoms with Gasteiger partial charge in [0.25, 0.3) is 0 Å². The first-order valence-electron chi connectivity index (χ1n) is 7.59. The van der Waals surface area contributed by atoms with Gasteiger partial charge in [0.1, 0.15) is 0 Å². The summed E-state index contributed by atoms with van der Waals surface area (Å²) in [6, 6.07) is 0. The van der Waals surface area contributed by atoms with Gasteiger partial charge in [0.05, 0.1) is 0 Å². The Morgan fingerprint density at radius 1 is 1.05 bits per heavy atom. The quantitative estimate of drug-likeness (QED) is 0.639. The molecule has 0 unspecified atom stereocenters. The minimum absolute atomic E-state index is 0.119. The zero-order valence-electron chi connectivity index (χ0n) is 13.8. The first kappa shape index (κ1) is 17.4. The summed E-state index contributed by atoms with van der Waals surface area (Å²) < 4.78 is 0. The van der Waals surface area contributed by atoms with Crippen LogP contribution in [0.1, 0.15) is 41.0 Å². The van der Waals surface area contributed by atoms with E-state index in [1.165, 1.54) is 0 Å². The highest BCUT2D eigenvalue weighted by molar-refractivity contribution is 5.44. The van der Waals surface area contributed by atoms with Crippen molar-refractivity contribution in [1.29, 1.82) is 0 Å². The minimum atomic E-state index is -0.278. The fourth-order valence-corrected chi connectivity index (χ4v) is 1.95. The van der Waals surface area contributed by atoms with E-state index in [0.717, 1.165) is 19.6 Å². The fourth-order valence-electron chi connectivity index (χ4n) is 1.95. The molecule has 3 N–H and O–H groups in total. The third-order valence-corrected chi connectivity index (χ3v) is 3.19. The lowest BCUT2D eigenvalue weighted by molar-refractivity contribution is 0.260. The number of hydrogen-bond acceptors (Lipinski definition) is 7. The Kier molecular flexibility index (Phi) is 6.61. The molecular weight excluding hydrogens is 268 g/mol. The summed E-state index contributed by atoms with van der Waals surface area (Å²) in [4.78, 5) is 15.4.